The summed E-state index contributed by atoms with van der Waals surface area (Å²) in [6, 6.07) is 13.1. The quantitative estimate of drug-likeness (QED) is 0.500. The van der Waals surface area contributed by atoms with Crippen LogP contribution in [0.3, 0.4) is 0 Å². The van der Waals surface area contributed by atoms with Crippen molar-refractivity contribution in [3.05, 3.63) is 60.4 Å². The third-order valence-corrected chi connectivity index (χ3v) is 5.43. The Balaban J connectivity index is 1.55. The maximum atomic E-state index is 13.4. The highest BCUT2D eigenvalue weighted by Gasteiger charge is 2.27. The second-order valence-corrected chi connectivity index (χ2v) is 8.34. The van der Waals surface area contributed by atoms with Crippen LogP contribution in [-0.2, 0) is 4.79 Å². The van der Waals surface area contributed by atoms with Crippen LogP contribution in [0.1, 0.15) is 38.3 Å². The number of fused-ring (bicyclic) bond motifs is 1. The van der Waals surface area contributed by atoms with Gasteiger partial charge in [-0.25, -0.2) is 0 Å². The zero-order valence-electron chi connectivity index (χ0n) is 18.7. The number of rotatable bonds is 8. The minimum atomic E-state index is -0.429. The standard InChI is InChI=1S/C24H30N6O2/c1-16(2)14-19(23(31)27-18-10-13-32-20-9-5-4-8-17(18)20)26-21-15-22(29-24(25-3)28-21)30-11-6-7-12-30/h4-9,11-12,15-16,18-19H,10,13-14H2,1-3H3,(H,27,31)(H2,25,26,28,29). The van der Waals surface area contributed by atoms with Crippen molar-refractivity contribution in [3.63, 3.8) is 0 Å². The summed E-state index contributed by atoms with van der Waals surface area (Å²) in [6.45, 7) is 4.80. The molecule has 1 aliphatic rings. The topological polar surface area (TPSA) is 93.1 Å². The molecule has 0 spiro atoms. The van der Waals surface area contributed by atoms with Gasteiger partial charge in [0.15, 0.2) is 0 Å². The van der Waals surface area contributed by atoms with Gasteiger partial charge in [0, 0.05) is 37.5 Å². The Morgan fingerprint density at radius 3 is 2.72 bits per heavy atom. The minimum absolute atomic E-state index is 0.0486. The lowest BCUT2D eigenvalue weighted by atomic mass is 9.98. The van der Waals surface area contributed by atoms with E-state index >= 15 is 0 Å². The average molecular weight is 435 g/mol. The van der Waals surface area contributed by atoms with Gasteiger partial charge in [-0.05, 0) is 30.5 Å². The summed E-state index contributed by atoms with van der Waals surface area (Å²) in [6.07, 6.45) is 5.26. The molecule has 1 aliphatic heterocycles. The average Bonchev–Trinajstić information content (AvgIpc) is 3.33. The Hall–Kier alpha value is -3.55. The minimum Gasteiger partial charge on any atom is -0.493 e. The molecule has 0 aliphatic carbocycles. The molecule has 2 aromatic heterocycles. The molecule has 168 valence electrons. The third-order valence-electron chi connectivity index (χ3n) is 5.43. The fourth-order valence-electron chi connectivity index (χ4n) is 3.89. The van der Waals surface area contributed by atoms with E-state index in [1.54, 1.807) is 7.05 Å². The Morgan fingerprint density at radius 1 is 1.19 bits per heavy atom. The number of nitrogens with one attached hydrogen (secondary N) is 3. The number of carbonyl (C=O) groups excluding carboxylic acids is 1. The van der Waals surface area contributed by atoms with Crippen molar-refractivity contribution in [2.75, 3.05) is 24.3 Å². The molecular formula is C24H30N6O2. The number of aromatic nitrogens is 3. The van der Waals surface area contributed by atoms with E-state index in [0.717, 1.165) is 23.6 Å². The lowest BCUT2D eigenvalue weighted by Crippen LogP contribution is -2.43. The summed E-state index contributed by atoms with van der Waals surface area (Å²) in [5, 5.41) is 9.58. The molecule has 3 heterocycles. The van der Waals surface area contributed by atoms with Gasteiger partial charge in [0.2, 0.25) is 11.9 Å². The fraction of sp³-hybridized carbons (Fsp3) is 0.375. The highest BCUT2D eigenvalue weighted by Crippen LogP contribution is 2.31. The molecule has 0 bridgehead atoms. The molecule has 32 heavy (non-hydrogen) atoms. The second-order valence-electron chi connectivity index (χ2n) is 8.34. The summed E-state index contributed by atoms with van der Waals surface area (Å²) in [7, 11) is 1.78. The number of benzene rings is 1. The van der Waals surface area contributed by atoms with Crippen LogP contribution < -0.4 is 20.7 Å². The van der Waals surface area contributed by atoms with Gasteiger partial charge < -0.3 is 25.3 Å². The molecule has 3 N–H and O–H groups in total. The number of ether oxygens (including phenoxy) is 1. The molecule has 0 fully saturated rings. The molecule has 8 heteroatoms. The van der Waals surface area contributed by atoms with E-state index in [2.05, 4.69) is 39.8 Å². The number of hydrogen-bond acceptors (Lipinski definition) is 6. The number of nitrogens with zero attached hydrogens (tertiary/aromatic N) is 3. The summed E-state index contributed by atoms with van der Waals surface area (Å²) >= 11 is 0. The molecule has 4 rings (SSSR count). The van der Waals surface area contributed by atoms with Crippen molar-refractivity contribution in [2.45, 2.75) is 38.8 Å². The predicted molar refractivity (Wildman–Crippen MR) is 125 cm³/mol. The van der Waals surface area contributed by atoms with Crippen LogP contribution in [0.5, 0.6) is 5.75 Å². The van der Waals surface area contributed by atoms with Crippen molar-refractivity contribution in [2.24, 2.45) is 5.92 Å². The lowest BCUT2D eigenvalue weighted by Gasteiger charge is -2.29. The Morgan fingerprint density at radius 2 is 1.97 bits per heavy atom. The molecule has 1 aromatic carbocycles. The molecule has 8 nitrogen and oxygen atoms in total. The highest BCUT2D eigenvalue weighted by molar-refractivity contribution is 5.85. The van der Waals surface area contributed by atoms with Crippen molar-refractivity contribution in [1.29, 1.82) is 0 Å². The van der Waals surface area contributed by atoms with Crippen LogP contribution >= 0.6 is 0 Å². The first-order chi connectivity index (χ1) is 15.5. The monoisotopic (exact) mass is 434 g/mol. The van der Waals surface area contributed by atoms with Gasteiger partial charge in [-0.3, -0.25) is 4.79 Å². The number of para-hydroxylation sites is 1. The van der Waals surface area contributed by atoms with Gasteiger partial charge in [0.05, 0.1) is 12.6 Å². The third kappa shape index (κ3) is 5.01. The van der Waals surface area contributed by atoms with Gasteiger partial charge in [-0.1, -0.05) is 32.0 Å². The maximum absolute atomic E-state index is 13.4. The van der Waals surface area contributed by atoms with Crippen LogP contribution in [-0.4, -0.2) is 40.1 Å². The first-order valence-corrected chi connectivity index (χ1v) is 11.0. The maximum Gasteiger partial charge on any atom is 0.243 e. The second kappa shape index (κ2) is 9.72. The molecule has 0 radical (unpaired) electrons. The van der Waals surface area contributed by atoms with E-state index < -0.39 is 6.04 Å². The van der Waals surface area contributed by atoms with Crippen molar-refractivity contribution in [1.82, 2.24) is 19.9 Å². The molecular weight excluding hydrogens is 404 g/mol. The summed E-state index contributed by atoms with van der Waals surface area (Å²) in [5.74, 6) is 2.92. The van der Waals surface area contributed by atoms with Crippen molar-refractivity contribution >= 4 is 17.7 Å². The Kier molecular flexibility index (Phi) is 6.58. The van der Waals surface area contributed by atoms with E-state index in [4.69, 9.17) is 4.74 Å². The summed E-state index contributed by atoms with van der Waals surface area (Å²) in [5.41, 5.74) is 1.02. The van der Waals surface area contributed by atoms with Crippen LogP contribution in [0.4, 0.5) is 11.8 Å². The molecule has 2 unspecified atom stereocenters. The number of hydrogen-bond donors (Lipinski definition) is 3. The lowest BCUT2D eigenvalue weighted by molar-refractivity contribution is -0.123. The van der Waals surface area contributed by atoms with E-state index in [9.17, 15) is 4.79 Å². The van der Waals surface area contributed by atoms with Gasteiger partial charge in [-0.15, -0.1) is 0 Å². The van der Waals surface area contributed by atoms with Gasteiger partial charge >= 0.3 is 0 Å². The Bertz CT molecular complexity index is 1050. The zero-order chi connectivity index (χ0) is 22.5. The first-order valence-electron chi connectivity index (χ1n) is 11.0. The Labute approximate surface area is 188 Å². The van der Waals surface area contributed by atoms with E-state index in [-0.39, 0.29) is 11.9 Å². The number of carbonyl (C=O) groups is 1. The fourth-order valence-corrected chi connectivity index (χ4v) is 3.89. The van der Waals surface area contributed by atoms with Crippen molar-refractivity contribution < 1.29 is 9.53 Å². The SMILES string of the molecule is CNc1nc(NC(CC(C)C)C(=O)NC2CCOc3ccccc32)cc(-n2cccc2)n1. The molecule has 1 amide bonds. The zero-order valence-corrected chi connectivity index (χ0v) is 18.7. The van der Waals surface area contributed by atoms with Crippen LogP contribution in [0, 0.1) is 5.92 Å². The van der Waals surface area contributed by atoms with Gasteiger partial charge in [0.1, 0.15) is 23.4 Å². The molecule has 0 saturated carbocycles. The molecule has 0 saturated heterocycles. The van der Waals surface area contributed by atoms with E-state index in [0.29, 0.717) is 30.7 Å². The number of amides is 1. The van der Waals surface area contributed by atoms with E-state index in [1.807, 2.05) is 59.4 Å². The van der Waals surface area contributed by atoms with E-state index in [1.165, 1.54) is 0 Å². The highest BCUT2D eigenvalue weighted by atomic mass is 16.5. The normalized spacial score (nSPS) is 16.1. The largest absolute Gasteiger partial charge is 0.493 e. The summed E-state index contributed by atoms with van der Waals surface area (Å²) < 4.78 is 7.64. The van der Waals surface area contributed by atoms with Crippen molar-refractivity contribution in [3.8, 4) is 11.6 Å². The van der Waals surface area contributed by atoms with Crippen LogP contribution in [0.15, 0.2) is 54.9 Å². The number of anilines is 2. The molecule has 2 atom stereocenters. The van der Waals surface area contributed by atoms with Gasteiger partial charge in [-0.2, -0.15) is 9.97 Å². The smallest absolute Gasteiger partial charge is 0.243 e. The van der Waals surface area contributed by atoms with Crippen LogP contribution in [0.25, 0.3) is 5.82 Å². The van der Waals surface area contributed by atoms with Crippen LogP contribution in [0.2, 0.25) is 0 Å². The first kappa shape index (κ1) is 21.7. The van der Waals surface area contributed by atoms with Gasteiger partial charge in [0.25, 0.3) is 0 Å². The molecule has 3 aromatic rings. The predicted octanol–water partition coefficient (Wildman–Crippen LogP) is 3.78. The summed E-state index contributed by atoms with van der Waals surface area (Å²) in [4.78, 5) is 22.4.